The van der Waals surface area contributed by atoms with Crippen molar-refractivity contribution in [3.05, 3.63) is 36.2 Å². The number of rotatable bonds is 3. The smallest absolute Gasteiger partial charge is 0.246 e. The monoisotopic (exact) mass is 398 g/mol. The number of piperazine rings is 1. The Kier molecular flexibility index (Phi) is 5.55. The third kappa shape index (κ3) is 4.28. The third-order valence-corrected chi connectivity index (χ3v) is 5.00. The normalized spacial score (nSPS) is 17.3. The van der Waals surface area contributed by atoms with Gasteiger partial charge in [-0.2, -0.15) is 5.10 Å². The van der Waals surface area contributed by atoms with E-state index < -0.39 is 0 Å². The predicted octanol–water partition coefficient (Wildman–Crippen LogP) is 1.01. The van der Waals surface area contributed by atoms with E-state index in [1.807, 2.05) is 36.3 Å². The lowest BCUT2D eigenvalue weighted by atomic mass is 10.2. The number of aryl methyl sites for hydroxylation is 1. The number of amides is 1. The first-order chi connectivity index (χ1) is 14.1. The van der Waals surface area contributed by atoms with Gasteiger partial charge in [0.15, 0.2) is 17.5 Å². The Labute approximate surface area is 169 Å². The van der Waals surface area contributed by atoms with Crippen LogP contribution in [-0.2, 0) is 18.4 Å². The minimum Gasteiger partial charge on any atom is -0.490 e. The Balaban J connectivity index is 1.36. The number of nitrogens with one attached hydrogen (secondary N) is 1. The summed E-state index contributed by atoms with van der Waals surface area (Å²) in [5, 5.41) is 7.50. The van der Waals surface area contributed by atoms with Gasteiger partial charge in [0.05, 0.1) is 25.1 Å². The standard InChI is InChI=1S/C20H26N6O3/c1-21-20(22-11-15-4-5-17-18(10-15)29-9-3-8-28-17)25-6-7-26(19(27)14-25)16-12-23-24(2)13-16/h4-5,10,12-13H,3,6-9,11,14H2,1-2H3,(H,21,22). The minimum atomic E-state index is 0.0304. The molecule has 154 valence electrons. The zero-order valence-electron chi connectivity index (χ0n) is 16.8. The van der Waals surface area contributed by atoms with E-state index in [1.165, 1.54) is 0 Å². The van der Waals surface area contributed by atoms with Crippen LogP contribution in [0, 0.1) is 0 Å². The molecule has 1 fully saturated rings. The molecule has 9 nitrogen and oxygen atoms in total. The molecule has 1 aromatic carbocycles. The summed E-state index contributed by atoms with van der Waals surface area (Å²) in [6.45, 7) is 3.48. The molecule has 0 spiro atoms. The van der Waals surface area contributed by atoms with Crippen molar-refractivity contribution in [1.29, 1.82) is 0 Å². The van der Waals surface area contributed by atoms with Crippen LogP contribution in [0.2, 0.25) is 0 Å². The van der Waals surface area contributed by atoms with E-state index in [0.717, 1.165) is 29.2 Å². The van der Waals surface area contributed by atoms with E-state index in [2.05, 4.69) is 15.4 Å². The predicted molar refractivity (Wildman–Crippen MR) is 109 cm³/mol. The van der Waals surface area contributed by atoms with Gasteiger partial charge in [-0.3, -0.25) is 14.5 Å². The third-order valence-electron chi connectivity index (χ3n) is 5.00. The van der Waals surface area contributed by atoms with Gasteiger partial charge in [0.2, 0.25) is 5.91 Å². The average molecular weight is 398 g/mol. The van der Waals surface area contributed by atoms with Crippen molar-refractivity contribution < 1.29 is 14.3 Å². The number of hydrogen-bond acceptors (Lipinski definition) is 5. The highest BCUT2D eigenvalue weighted by molar-refractivity contribution is 5.98. The highest BCUT2D eigenvalue weighted by Gasteiger charge is 2.27. The Morgan fingerprint density at radius 3 is 2.79 bits per heavy atom. The molecule has 3 heterocycles. The summed E-state index contributed by atoms with van der Waals surface area (Å²) in [5.41, 5.74) is 1.89. The number of fused-ring (bicyclic) bond motifs is 1. The lowest BCUT2D eigenvalue weighted by Crippen LogP contribution is -2.55. The summed E-state index contributed by atoms with van der Waals surface area (Å²) in [7, 11) is 3.57. The van der Waals surface area contributed by atoms with Crippen molar-refractivity contribution in [2.75, 3.05) is 44.8 Å². The van der Waals surface area contributed by atoms with Gasteiger partial charge in [0.1, 0.15) is 6.54 Å². The van der Waals surface area contributed by atoms with E-state index >= 15 is 0 Å². The Hall–Kier alpha value is -3.23. The van der Waals surface area contributed by atoms with Gasteiger partial charge in [0.25, 0.3) is 0 Å². The molecule has 1 aromatic heterocycles. The molecule has 1 N–H and O–H groups in total. The van der Waals surface area contributed by atoms with Crippen LogP contribution in [0.15, 0.2) is 35.6 Å². The number of guanidine groups is 1. The number of anilines is 1. The SMILES string of the molecule is CN=C(NCc1ccc2c(c1)OCCCO2)N1CCN(c2cnn(C)c2)C(=O)C1. The molecule has 0 bridgehead atoms. The summed E-state index contributed by atoms with van der Waals surface area (Å²) in [6, 6.07) is 5.95. The van der Waals surface area contributed by atoms with Crippen molar-refractivity contribution in [2.24, 2.45) is 12.0 Å². The topological polar surface area (TPSA) is 84.2 Å². The van der Waals surface area contributed by atoms with Gasteiger partial charge in [-0.15, -0.1) is 0 Å². The first-order valence-corrected chi connectivity index (χ1v) is 9.77. The van der Waals surface area contributed by atoms with Gasteiger partial charge >= 0.3 is 0 Å². The molecular weight excluding hydrogens is 372 g/mol. The van der Waals surface area contributed by atoms with Crippen molar-refractivity contribution in [3.8, 4) is 11.5 Å². The van der Waals surface area contributed by atoms with Crippen LogP contribution in [0.25, 0.3) is 0 Å². The minimum absolute atomic E-state index is 0.0304. The fourth-order valence-electron chi connectivity index (χ4n) is 3.51. The highest BCUT2D eigenvalue weighted by Crippen LogP contribution is 2.30. The van der Waals surface area contributed by atoms with Gasteiger partial charge in [-0.25, -0.2) is 0 Å². The maximum Gasteiger partial charge on any atom is 0.246 e. The maximum absolute atomic E-state index is 12.6. The van der Waals surface area contributed by atoms with Crippen LogP contribution in [0.5, 0.6) is 11.5 Å². The molecule has 2 aliphatic heterocycles. The van der Waals surface area contributed by atoms with Crippen LogP contribution in [-0.4, -0.2) is 66.4 Å². The second-order valence-electron chi connectivity index (χ2n) is 7.07. The van der Waals surface area contributed by atoms with Crippen LogP contribution < -0.4 is 19.7 Å². The van der Waals surface area contributed by atoms with E-state index in [4.69, 9.17) is 9.47 Å². The van der Waals surface area contributed by atoms with E-state index in [0.29, 0.717) is 38.8 Å². The average Bonchev–Trinajstić information content (AvgIpc) is 3.01. The number of carbonyl (C=O) groups is 1. The number of nitrogens with zero attached hydrogens (tertiary/aromatic N) is 5. The molecule has 9 heteroatoms. The second kappa shape index (κ2) is 8.42. The van der Waals surface area contributed by atoms with Crippen LogP contribution in [0.1, 0.15) is 12.0 Å². The van der Waals surface area contributed by atoms with Gasteiger partial charge in [-0.1, -0.05) is 6.07 Å². The first-order valence-electron chi connectivity index (χ1n) is 9.77. The molecular formula is C20H26N6O3. The fraction of sp³-hybridized carbons (Fsp3) is 0.450. The van der Waals surface area contributed by atoms with Crippen LogP contribution in [0.4, 0.5) is 5.69 Å². The van der Waals surface area contributed by atoms with Gasteiger partial charge < -0.3 is 24.6 Å². The van der Waals surface area contributed by atoms with Crippen molar-refractivity contribution >= 4 is 17.6 Å². The fourth-order valence-corrected chi connectivity index (χ4v) is 3.51. The summed E-state index contributed by atoms with van der Waals surface area (Å²) >= 11 is 0. The van der Waals surface area contributed by atoms with E-state index in [-0.39, 0.29) is 12.5 Å². The van der Waals surface area contributed by atoms with E-state index in [1.54, 1.807) is 22.8 Å². The lowest BCUT2D eigenvalue weighted by molar-refractivity contribution is -0.120. The van der Waals surface area contributed by atoms with Crippen LogP contribution in [0.3, 0.4) is 0 Å². The molecule has 29 heavy (non-hydrogen) atoms. The van der Waals surface area contributed by atoms with Crippen molar-refractivity contribution in [3.63, 3.8) is 0 Å². The first kappa shape index (κ1) is 19.1. The summed E-state index contributed by atoms with van der Waals surface area (Å²) in [6.07, 6.45) is 4.45. The summed E-state index contributed by atoms with van der Waals surface area (Å²) < 4.78 is 13.1. The quantitative estimate of drug-likeness (QED) is 0.614. The number of hydrogen-bond donors (Lipinski definition) is 1. The zero-order valence-corrected chi connectivity index (χ0v) is 16.8. The molecule has 0 saturated carbocycles. The molecule has 0 radical (unpaired) electrons. The van der Waals surface area contributed by atoms with Crippen molar-refractivity contribution in [2.45, 2.75) is 13.0 Å². The molecule has 1 saturated heterocycles. The number of aromatic nitrogens is 2. The molecule has 2 aromatic rings. The van der Waals surface area contributed by atoms with E-state index in [9.17, 15) is 4.79 Å². The molecule has 1 amide bonds. The van der Waals surface area contributed by atoms with Crippen LogP contribution >= 0.6 is 0 Å². The maximum atomic E-state index is 12.6. The number of benzene rings is 1. The summed E-state index contributed by atoms with van der Waals surface area (Å²) in [4.78, 5) is 20.7. The highest BCUT2D eigenvalue weighted by atomic mass is 16.5. The molecule has 4 rings (SSSR count). The van der Waals surface area contributed by atoms with Gasteiger partial charge in [-0.05, 0) is 17.7 Å². The zero-order chi connectivity index (χ0) is 20.2. The molecule has 0 atom stereocenters. The number of aliphatic imine (C=N–C) groups is 1. The van der Waals surface area contributed by atoms with Gasteiger partial charge in [0, 0.05) is 46.3 Å². The lowest BCUT2D eigenvalue weighted by Gasteiger charge is -2.35. The molecule has 0 aliphatic carbocycles. The number of carbonyl (C=O) groups excluding carboxylic acids is 1. The Bertz CT molecular complexity index is 909. The number of ether oxygens (including phenoxy) is 2. The molecule has 2 aliphatic rings. The molecule has 0 unspecified atom stereocenters. The van der Waals surface area contributed by atoms with Crippen molar-refractivity contribution in [1.82, 2.24) is 20.0 Å². The summed E-state index contributed by atoms with van der Waals surface area (Å²) in [5.74, 6) is 2.30. The second-order valence-corrected chi connectivity index (χ2v) is 7.07. The Morgan fingerprint density at radius 2 is 2.07 bits per heavy atom. The Morgan fingerprint density at radius 1 is 1.24 bits per heavy atom. The largest absolute Gasteiger partial charge is 0.490 e.